The Morgan fingerprint density at radius 2 is 1.84 bits per heavy atom. The normalized spacial score (nSPS) is 17.6. The molecule has 1 unspecified atom stereocenters. The van der Waals surface area contributed by atoms with Crippen molar-refractivity contribution in [3.05, 3.63) is 70.4 Å². The van der Waals surface area contributed by atoms with Gasteiger partial charge in [-0.15, -0.1) is 0 Å². The smallest absolute Gasteiger partial charge is 0.416 e. The summed E-state index contributed by atoms with van der Waals surface area (Å²) in [6.45, 7) is 0. The van der Waals surface area contributed by atoms with Crippen molar-refractivity contribution in [2.75, 3.05) is 0 Å². The van der Waals surface area contributed by atoms with Crippen LogP contribution < -0.4 is 5.43 Å². The Kier molecular flexibility index (Phi) is 3.72. The minimum Gasteiger partial charge on any atom is -0.455 e. The van der Waals surface area contributed by atoms with Crippen LogP contribution in [-0.2, 0) is 6.18 Å². The minimum absolute atomic E-state index is 0.0220. The molecule has 25 heavy (non-hydrogen) atoms. The second-order valence-corrected chi connectivity index (χ2v) is 6.29. The standard InChI is InChI=1S/C18H12ClF3N2O/c19-13-5-2-10(3-6-13)14-9-15(24-23-14)17-7-11-1-4-12(18(20,21)22)8-16(11)25-17/h1-8,14,23H,9H2. The van der Waals surface area contributed by atoms with Crippen molar-refractivity contribution >= 4 is 28.3 Å². The Balaban J connectivity index is 1.59. The van der Waals surface area contributed by atoms with E-state index in [-0.39, 0.29) is 11.6 Å². The Morgan fingerprint density at radius 3 is 2.56 bits per heavy atom. The summed E-state index contributed by atoms with van der Waals surface area (Å²) in [5.74, 6) is 0.471. The number of halogens is 4. The van der Waals surface area contributed by atoms with Crippen LogP contribution in [0.25, 0.3) is 11.0 Å². The molecule has 1 atom stereocenters. The molecule has 1 aromatic heterocycles. The number of hydrogen-bond donors (Lipinski definition) is 1. The summed E-state index contributed by atoms with van der Waals surface area (Å²) in [5, 5.41) is 5.54. The molecule has 4 rings (SSSR count). The average molecular weight is 365 g/mol. The van der Waals surface area contributed by atoms with Crippen molar-refractivity contribution in [3.63, 3.8) is 0 Å². The van der Waals surface area contributed by atoms with Gasteiger partial charge in [0.25, 0.3) is 0 Å². The molecule has 7 heteroatoms. The molecular weight excluding hydrogens is 353 g/mol. The van der Waals surface area contributed by atoms with E-state index in [2.05, 4.69) is 10.5 Å². The van der Waals surface area contributed by atoms with Gasteiger partial charge in [-0.05, 0) is 35.9 Å². The topological polar surface area (TPSA) is 37.5 Å². The highest BCUT2D eigenvalue weighted by molar-refractivity contribution is 6.30. The molecule has 3 aromatic rings. The molecular formula is C18H12ClF3N2O. The van der Waals surface area contributed by atoms with Crippen molar-refractivity contribution in [2.24, 2.45) is 5.10 Å². The number of nitrogens with one attached hydrogen (secondary N) is 1. The van der Waals surface area contributed by atoms with Crippen LogP contribution in [-0.4, -0.2) is 5.71 Å². The Hall–Kier alpha value is -2.47. The summed E-state index contributed by atoms with van der Waals surface area (Å²) in [5.41, 5.74) is 4.19. The lowest BCUT2D eigenvalue weighted by Gasteiger charge is -2.09. The van der Waals surface area contributed by atoms with E-state index in [9.17, 15) is 13.2 Å². The third-order valence-electron chi connectivity index (χ3n) is 4.16. The fourth-order valence-electron chi connectivity index (χ4n) is 2.83. The monoisotopic (exact) mass is 364 g/mol. The lowest BCUT2D eigenvalue weighted by molar-refractivity contribution is -0.137. The van der Waals surface area contributed by atoms with E-state index in [0.29, 0.717) is 28.3 Å². The van der Waals surface area contributed by atoms with Gasteiger partial charge < -0.3 is 9.84 Å². The number of nitrogens with zero attached hydrogens (tertiary/aromatic N) is 1. The number of hydrazone groups is 1. The molecule has 1 N–H and O–H groups in total. The predicted molar refractivity (Wildman–Crippen MR) is 89.7 cm³/mol. The van der Waals surface area contributed by atoms with E-state index in [1.165, 1.54) is 6.07 Å². The minimum atomic E-state index is -4.40. The molecule has 0 saturated carbocycles. The van der Waals surface area contributed by atoms with Crippen molar-refractivity contribution in [1.29, 1.82) is 0 Å². The Bertz CT molecular complexity index is 961. The summed E-state index contributed by atoms with van der Waals surface area (Å²) in [4.78, 5) is 0. The van der Waals surface area contributed by atoms with Gasteiger partial charge in [-0.2, -0.15) is 18.3 Å². The van der Waals surface area contributed by atoms with Gasteiger partial charge in [-0.3, -0.25) is 0 Å². The maximum Gasteiger partial charge on any atom is 0.416 e. The molecule has 3 nitrogen and oxygen atoms in total. The Morgan fingerprint density at radius 1 is 1.08 bits per heavy atom. The first-order valence-corrected chi connectivity index (χ1v) is 7.97. The molecule has 2 heterocycles. The van der Waals surface area contributed by atoms with Crippen LogP contribution in [0.1, 0.15) is 29.3 Å². The first kappa shape index (κ1) is 16.0. The van der Waals surface area contributed by atoms with Crippen LogP contribution in [0.3, 0.4) is 0 Å². The van der Waals surface area contributed by atoms with Gasteiger partial charge in [0.15, 0.2) is 5.76 Å². The van der Waals surface area contributed by atoms with Gasteiger partial charge >= 0.3 is 6.18 Å². The van der Waals surface area contributed by atoms with Crippen LogP contribution >= 0.6 is 11.6 Å². The lowest BCUT2D eigenvalue weighted by Crippen LogP contribution is -2.09. The van der Waals surface area contributed by atoms with Crippen molar-refractivity contribution in [2.45, 2.75) is 18.6 Å². The van der Waals surface area contributed by atoms with Crippen LogP contribution in [0, 0.1) is 0 Å². The molecule has 0 amide bonds. The lowest BCUT2D eigenvalue weighted by atomic mass is 10.0. The Labute approximate surface area is 146 Å². The zero-order valence-electron chi connectivity index (χ0n) is 12.8. The first-order chi connectivity index (χ1) is 11.9. The number of furan rings is 1. The van der Waals surface area contributed by atoms with Crippen molar-refractivity contribution in [1.82, 2.24) is 5.43 Å². The summed E-state index contributed by atoms with van der Waals surface area (Å²) in [7, 11) is 0. The highest BCUT2D eigenvalue weighted by atomic mass is 35.5. The van der Waals surface area contributed by atoms with E-state index in [1.54, 1.807) is 18.2 Å². The van der Waals surface area contributed by atoms with E-state index in [0.717, 1.165) is 17.7 Å². The first-order valence-electron chi connectivity index (χ1n) is 7.59. The average Bonchev–Trinajstić information content (AvgIpc) is 3.20. The van der Waals surface area contributed by atoms with Crippen LogP contribution in [0.2, 0.25) is 5.02 Å². The van der Waals surface area contributed by atoms with Gasteiger partial charge in [-0.1, -0.05) is 29.8 Å². The number of rotatable bonds is 2. The van der Waals surface area contributed by atoms with Gasteiger partial charge in [-0.25, -0.2) is 0 Å². The summed E-state index contributed by atoms with van der Waals surface area (Å²) < 4.78 is 44.0. The quantitative estimate of drug-likeness (QED) is 0.648. The third kappa shape index (κ3) is 3.09. The molecule has 0 aliphatic carbocycles. The van der Waals surface area contributed by atoms with Gasteiger partial charge in [0.2, 0.25) is 0 Å². The molecule has 2 aromatic carbocycles. The number of fused-ring (bicyclic) bond motifs is 1. The zero-order chi connectivity index (χ0) is 17.6. The SMILES string of the molecule is FC(F)(F)c1ccc2cc(C3=NNC(c4ccc(Cl)cc4)C3)oc2c1. The van der Waals surface area contributed by atoms with Crippen LogP contribution in [0.5, 0.6) is 0 Å². The van der Waals surface area contributed by atoms with Gasteiger partial charge in [0.05, 0.1) is 11.6 Å². The summed E-state index contributed by atoms with van der Waals surface area (Å²) >= 11 is 5.89. The number of hydrogen-bond acceptors (Lipinski definition) is 3. The highest BCUT2D eigenvalue weighted by Crippen LogP contribution is 2.33. The predicted octanol–water partition coefficient (Wildman–Crippen LogP) is 5.54. The number of benzene rings is 2. The summed E-state index contributed by atoms with van der Waals surface area (Å²) in [6, 6.07) is 12.6. The van der Waals surface area contributed by atoms with Crippen molar-refractivity contribution < 1.29 is 17.6 Å². The van der Waals surface area contributed by atoms with Crippen LogP contribution in [0.4, 0.5) is 13.2 Å². The van der Waals surface area contributed by atoms with Crippen molar-refractivity contribution in [3.8, 4) is 0 Å². The van der Waals surface area contributed by atoms with E-state index in [4.69, 9.17) is 16.0 Å². The van der Waals surface area contributed by atoms with E-state index >= 15 is 0 Å². The fraction of sp³-hybridized carbons (Fsp3) is 0.167. The molecule has 0 saturated heterocycles. The maximum absolute atomic E-state index is 12.8. The molecule has 0 bridgehead atoms. The maximum atomic E-state index is 12.8. The van der Waals surface area contributed by atoms with Gasteiger partial charge in [0.1, 0.15) is 11.3 Å². The molecule has 0 radical (unpaired) electrons. The second-order valence-electron chi connectivity index (χ2n) is 5.86. The molecule has 1 aliphatic heterocycles. The molecule has 0 spiro atoms. The van der Waals surface area contributed by atoms with E-state index < -0.39 is 11.7 Å². The van der Waals surface area contributed by atoms with Gasteiger partial charge in [0, 0.05) is 16.8 Å². The fourth-order valence-corrected chi connectivity index (χ4v) is 2.96. The summed E-state index contributed by atoms with van der Waals surface area (Å²) in [6.07, 6.45) is -3.82. The van der Waals surface area contributed by atoms with Crippen LogP contribution in [0.15, 0.2) is 58.0 Å². The number of alkyl halides is 3. The molecule has 128 valence electrons. The highest BCUT2D eigenvalue weighted by Gasteiger charge is 2.31. The molecule has 1 aliphatic rings. The van der Waals surface area contributed by atoms with E-state index in [1.807, 2.05) is 12.1 Å². The molecule has 0 fully saturated rings. The largest absolute Gasteiger partial charge is 0.455 e. The zero-order valence-corrected chi connectivity index (χ0v) is 13.5. The second kappa shape index (κ2) is 5.81. The third-order valence-corrected chi connectivity index (χ3v) is 4.41.